The first-order chi connectivity index (χ1) is 10.1. The molecular formula is C16H25ClN2O2. The minimum Gasteiger partial charge on any atom is -0.476 e. The average Bonchev–Trinajstić information content (AvgIpc) is 2.47. The van der Waals surface area contributed by atoms with Crippen molar-refractivity contribution >= 4 is 11.6 Å². The van der Waals surface area contributed by atoms with Gasteiger partial charge in [0.1, 0.15) is 5.02 Å². The van der Waals surface area contributed by atoms with Gasteiger partial charge in [-0.2, -0.15) is 0 Å². The zero-order valence-corrected chi connectivity index (χ0v) is 13.7. The van der Waals surface area contributed by atoms with Gasteiger partial charge < -0.3 is 14.8 Å². The molecule has 0 unspecified atom stereocenters. The van der Waals surface area contributed by atoms with Crippen molar-refractivity contribution in [1.82, 2.24) is 10.3 Å². The molecule has 4 nitrogen and oxygen atoms in total. The van der Waals surface area contributed by atoms with E-state index in [1.54, 1.807) is 0 Å². The Bertz CT molecular complexity index is 434. The van der Waals surface area contributed by atoms with Gasteiger partial charge in [-0.15, -0.1) is 0 Å². The van der Waals surface area contributed by atoms with Crippen molar-refractivity contribution in [3.63, 3.8) is 0 Å². The number of nitrogens with one attached hydrogen (secondary N) is 1. The van der Waals surface area contributed by atoms with Crippen molar-refractivity contribution in [3.8, 4) is 5.88 Å². The SMILES string of the molecule is CC(C)CNCc1cnc(OCC2CCOCC2)c(Cl)c1. The van der Waals surface area contributed by atoms with E-state index in [0.29, 0.717) is 29.3 Å². The maximum atomic E-state index is 6.25. The highest BCUT2D eigenvalue weighted by molar-refractivity contribution is 6.31. The first-order valence-electron chi connectivity index (χ1n) is 7.71. The highest BCUT2D eigenvalue weighted by Crippen LogP contribution is 2.24. The monoisotopic (exact) mass is 312 g/mol. The van der Waals surface area contributed by atoms with Crippen LogP contribution in [0.25, 0.3) is 0 Å². The van der Waals surface area contributed by atoms with Gasteiger partial charge in [0.15, 0.2) is 0 Å². The molecule has 0 aliphatic carbocycles. The molecule has 2 rings (SSSR count). The summed E-state index contributed by atoms with van der Waals surface area (Å²) in [6.45, 7) is 8.47. The second kappa shape index (κ2) is 8.57. The lowest BCUT2D eigenvalue weighted by Crippen LogP contribution is -2.22. The van der Waals surface area contributed by atoms with E-state index in [4.69, 9.17) is 21.1 Å². The van der Waals surface area contributed by atoms with Crippen LogP contribution in [-0.4, -0.2) is 31.3 Å². The summed E-state index contributed by atoms with van der Waals surface area (Å²) in [4.78, 5) is 4.33. The normalized spacial score (nSPS) is 16.4. The predicted molar refractivity (Wildman–Crippen MR) is 84.8 cm³/mol. The number of nitrogens with zero attached hydrogens (tertiary/aromatic N) is 1. The van der Waals surface area contributed by atoms with Crippen LogP contribution in [0.3, 0.4) is 0 Å². The molecule has 118 valence electrons. The number of hydrogen-bond donors (Lipinski definition) is 1. The topological polar surface area (TPSA) is 43.4 Å². The highest BCUT2D eigenvalue weighted by atomic mass is 35.5. The van der Waals surface area contributed by atoms with Gasteiger partial charge in [-0.1, -0.05) is 25.4 Å². The molecule has 2 heterocycles. The van der Waals surface area contributed by atoms with Gasteiger partial charge in [0, 0.05) is 26.0 Å². The molecule has 1 saturated heterocycles. The fourth-order valence-corrected chi connectivity index (χ4v) is 2.53. The third-order valence-corrected chi connectivity index (χ3v) is 3.81. The Labute approximate surface area is 132 Å². The molecule has 0 amide bonds. The fourth-order valence-electron chi connectivity index (χ4n) is 2.28. The van der Waals surface area contributed by atoms with Crippen LogP contribution >= 0.6 is 11.6 Å². The van der Waals surface area contributed by atoms with E-state index in [-0.39, 0.29) is 0 Å². The molecule has 0 spiro atoms. The van der Waals surface area contributed by atoms with Crippen LogP contribution in [0.4, 0.5) is 0 Å². The zero-order valence-electron chi connectivity index (χ0n) is 12.9. The molecular weight excluding hydrogens is 288 g/mol. The highest BCUT2D eigenvalue weighted by Gasteiger charge is 2.15. The van der Waals surface area contributed by atoms with E-state index < -0.39 is 0 Å². The van der Waals surface area contributed by atoms with Crippen molar-refractivity contribution in [1.29, 1.82) is 0 Å². The van der Waals surface area contributed by atoms with Crippen LogP contribution in [-0.2, 0) is 11.3 Å². The zero-order chi connectivity index (χ0) is 15.1. The molecule has 1 aromatic rings. The van der Waals surface area contributed by atoms with E-state index in [0.717, 1.165) is 44.7 Å². The van der Waals surface area contributed by atoms with Crippen molar-refractivity contribution in [2.45, 2.75) is 33.2 Å². The summed E-state index contributed by atoms with van der Waals surface area (Å²) in [7, 11) is 0. The van der Waals surface area contributed by atoms with Gasteiger partial charge in [-0.3, -0.25) is 0 Å². The maximum absolute atomic E-state index is 6.25. The summed E-state index contributed by atoms with van der Waals surface area (Å²) >= 11 is 6.25. The third kappa shape index (κ3) is 5.81. The molecule has 1 N–H and O–H groups in total. The number of hydrogen-bond acceptors (Lipinski definition) is 4. The van der Waals surface area contributed by atoms with Crippen molar-refractivity contribution < 1.29 is 9.47 Å². The van der Waals surface area contributed by atoms with Crippen LogP contribution in [0.2, 0.25) is 5.02 Å². The smallest absolute Gasteiger partial charge is 0.232 e. The Hall–Kier alpha value is -0.840. The molecule has 1 aromatic heterocycles. The van der Waals surface area contributed by atoms with Crippen LogP contribution in [0.1, 0.15) is 32.3 Å². The van der Waals surface area contributed by atoms with Gasteiger partial charge in [0.2, 0.25) is 5.88 Å². The Morgan fingerprint density at radius 1 is 1.43 bits per heavy atom. The average molecular weight is 313 g/mol. The largest absolute Gasteiger partial charge is 0.476 e. The third-order valence-electron chi connectivity index (χ3n) is 3.54. The second-order valence-corrected chi connectivity index (χ2v) is 6.43. The first kappa shape index (κ1) is 16.5. The summed E-state index contributed by atoms with van der Waals surface area (Å²) < 4.78 is 11.1. The Kier molecular flexibility index (Phi) is 6.74. The van der Waals surface area contributed by atoms with Gasteiger partial charge in [-0.25, -0.2) is 4.98 Å². The predicted octanol–water partition coefficient (Wildman–Crippen LogP) is 3.29. The molecule has 1 aliphatic heterocycles. The maximum Gasteiger partial charge on any atom is 0.232 e. The van der Waals surface area contributed by atoms with Gasteiger partial charge in [-0.05, 0) is 42.9 Å². The molecule has 0 radical (unpaired) electrons. The van der Waals surface area contributed by atoms with Crippen LogP contribution in [0, 0.1) is 11.8 Å². The molecule has 1 aliphatic rings. The molecule has 0 aromatic carbocycles. The minimum atomic E-state index is 0.538. The van der Waals surface area contributed by atoms with E-state index in [1.165, 1.54) is 0 Å². The standard InChI is InChI=1S/C16H25ClN2O2/c1-12(2)8-18-9-14-7-15(17)16(19-10-14)21-11-13-3-5-20-6-4-13/h7,10,12-13,18H,3-6,8-9,11H2,1-2H3. The fraction of sp³-hybridized carbons (Fsp3) is 0.688. The van der Waals surface area contributed by atoms with E-state index >= 15 is 0 Å². The molecule has 0 bridgehead atoms. The Balaban J connectivity index is 1.80. The number of rotatable bonds is 7. The second-order valence-electron chi connectivity index (χ2n) is 6.02. The van der Waals surface area contributed by atoms with Crippen LogP contribution in [0.15, 0.2) is 12.3 Å². The number of halogens is 1. The van der Waals surface area contributed by atoms with Gasteiger partial charge in [0.05, 0.1) is 6.61 Å². The Morgan fingerprint density at radius 3 is 2.86 bits per heavy atom. The lowest BCUT2D eigenvalue weighted by molar-refractivity contribution is 0.0490. The van der Waals surface area contributed by atoms with Gasteiger partial charge >= 0.3 is 0 Å². The van der Waals surface area contributed by atoms with Crippen molar-refractivity contribution in [3.05, 3.63) is 22.8 Å². The Morgan fingerprint density at radius 2 is 2.19 bits per heavy atom. The summed E-state index contributed by atoms with van der Waals surface area (Å²) in [5.41, 5.74) is 1.08. The van der Waals surface area contributed by atoms with Crippen LogP contribution in [0.5, 0.6) is 5.88 Å². The number of ether oxygens (including phenoxy) is 2. The molecule has 21 heavy (non-hydrogen) atoms. The van der Waals surface area contributed by atoms with E-state index in [9.17, 15) is 0 Å². The van der Waals surface area contributed by atoms with E-state index in [2.05, 4.69) is 24.1 Å². The molecule has 0 saturated carbocycles. The summed E-state index contributed by atoms with van der Waals surface area (Å²) in [5.74, 6) is 1.72. The summed E-state index contributed by atoms with van der Waals surface area (Å²) in [6, 6.07) is 1.93. The van der Waals surface area contributed by atoms with Crippen molar-refractivity contribution in [2.75, 3.05) is 26.4 Å². The quantitative estimate of drug-likeness (QED) is 0.839. The lowest BCUT2D eigenvalue weighted by atomic mass is 10.0. The summed E-state index contributed by atoms with van der Waals surface area (Å²) in [6.07, 6.45) is 3.93. The first-order valence-corrected chi connectivity index (χ1v) is 8.08. The summed E-state index contributed by atoms with van der Waals surface area (Å²) in [5, 5.41) is 3.97. The number of pyridine rings is 1. The minimum absolute atomic E-state index is 0.538. The molecule has 5 heteroatoms. The molecule has 0 atom stereocenters. The van der Waals surface area contributed by atoms with Gasteiger partial charge in [0.25, 0.3) is 0 Å². The van der Waals surface area contributed by atoms with E-state index in [1.807, 2.05) is 12.3 Å². The van der Waals surface area contributed by atoms with Crippen molar-refractivity contribution in [2.24, 2.45) is 11.8 Å². The number of aromatic nitrogens is 1. The lowest BCUT2D eigenvalue weighted by Gasteiger charge is -2.22. The molecule has 1 fully saturated rings. The van der Waals surface area contributed by atoms with Crippen LogP contribution < -0.4 is 10.1 Å².